The predicted molar refractivity (Wildman–Crippen MR) is 110 cm³/mol. The maximum absolute atomic E-state index is 12.9. The van der Waals surface area contributed by atoms with E-state index in [1.165, 1.54) is 0 Å². The lowest BCUT2D eigenvalue weighted by atomic mass is 9.97. The summed E-state index contributed by atoms with van der Waals surface area (Å²) in [7, 11) is 0. The smallest absolute Gasteiger partial charge is 0.416 e. The highest BCUT2D eigenvalue weighted by Gasteiger charge is 2.31. The van der Waals surface area contributed by atoms with Crippen LogP contribution in [0.1, 0.15) is 42.6 Å². The molecule has 0 saturated heterocycles. The summed E-state index contributed by atoms with van der Waals surface area (Å²) in [5, 5.41) is 24.3. The van der Waals surface area contributed by atoms with Crippen LogP contribution in [0.25, 0.3) is 11.0 Å². The number of aromatic nitrogens is 2. The van der Waals surface area contributed by atoms with Crippen LogP contribution < -0.4 is 11.0 Å². The van der Waals surface area contributed by atoms with Gasteiger partial charge in [0.1, 0.15) is 5.75 Å². The summed E-state index contributed by atoms with van der Waals surface area (Å²) in [4.78, 5) is 15.0. The molecule has 0 bridgehead atoms. The quantitative estimate of drug-likeness (QED) is 0.494. The number of aromatic hydroxyl groups is 1. The normalized spacial score (nSPS) is 20.0. The van der Waals surface area contributed by atoms with Crippen molar-refractivity contribution in [2.24, 2.45) is 0 Å². The molecule has 0 aliphatic carbocycles. The number of aryl methyl sites for hydroxylation is 2. The lowest BCUT2D eigenvalue weighted by Gasteiger charge is -2.26. The SMILES string of the molecule is CC(CCc1cc(C(F)(F)F)ccc1O)NC1CCn2c(=O)[nH]c3cccc(c32)C1O. The zero-order valence-corrected chi connectivity index (χ0v) is 16.9. The van der Waals surface area contributed by atoms with Crippen LogP contribution in [-0.4, -0.2) is 31.8 Å². The fourth-order valence-electron chi connectivity index (χ4n) is 4.30. The van der Waals surface area contributed by atoms with Gasteiger partial charge < -0.3 is 20.5 Å². The third-order valence-corrected chi connectivity index (χ3v) is 5.94. The Morgan fingerprint density at radius 1 is 1.29 bits per heavy atom. The number of imidazole rings is 1. The van der Waals surface area contributed by atoms with Gasteiger partial charge in [-0.25, -0.2) is 4.79 Å². The van der Waals surface area contributed by atoms with Crippen molar-refractivity contribution in [2.45, 2.75) is 57.1 Å². The maximum atomic E-state index is 12.9. The number of hydrogen-bond donors (Lipinski definition) is 4. The Kier molecular flexibility index (Phi) is 5.57. The summed E-state index contributed by atoms with van der Waals surface area (Å²) in [6.45, 7) is 2.32. The molecule has 6 nitrogen and oxygen atoms in total. The first kappa shape index (κ1) is 21.5. The van der Waals surface area contributed by atoms with E-state index >= 15 is 0 Å². The molecule has 0 radical (unpaired) electrons. The first-order valence-electron chi connectivity index (χ1n) is 10.2. The molecule has 9 heteroatoms. The third kappa shape index (κ3) is 4.20. The summed E-state index contributed by atoms with van der Waals surface area (Å²) in [6.07, 6.45) is -4.07. The standard InChI is InChI=1S/C22H24F3N3O3/c1-12(5-6-13-11-14(22(23,24)25)7-8-18(13)29)26-17-9-10-28-19-15(20(17)30)3-2-4-16(19)27-21(28)31/h2-4,7-8,11-12,17,20,26,29-30H,5-6,9-10H2,1H3,(H,27,31). The molecule has 1 aromatic heterocycles. The van der Waals surface area contributed by atoms with E-state index in [9.17, 15) is 28.2 Å². The molecular weight excluding hydrogens is 411 g/mol. The van der Waals surface area contributed by atoms with Crippen LogP contribution >= 0.6 is 0 Å². The molecule has 4 rings (SSSR count). The number of phenols is 1. The Balaban J connectivity index is 1.46. The van der Waals surface area contributed by atoms with Crippen LogP contribution in [0.2, 0.25) is 0 Å². The van der Waals surface area contributed by atoms with Crippen molar-refractivity contribution in [1.29, 1.82) is 0 Å². The van der Waals surface area contributed by atoms with Crippen LogP contribution in [0.5, 0.6) is 5.75 Å². The number of halogens is 3. The highest BCUT2D eigenvalue weighted by molar-refractivity contribution is 5.79. The maximum Gasteiger partial charge on any atom is 0.416 e. The first-order valence-corrected chi connectivity index (χ1v) is 10.2. The molecule has 3 aromatic rings. The number of alkyl halides is 3. The van der Waals surface area contributed by atoms with Gasteiger partial charge >= 0.3 is 11.9 Å². The van der Waals surface area contributed by atoms with Gasteiger partial charge in [0.25, 0.3) is 0 Å². The first-order chi connectivity index (χ1) is 14.6. The molecule has 166 valence electrons. The number of para-hydroxylation sites is 1. The monoisotopic (exact) mass is 435 g/mol. The molecule has 1 aliphatic rings. The Morgan fingerprint density at radius 3 is 2.81 bits per heavy atom. The van der Waals surface area contributed by atoms with Crippen molar-refractivity contribution < 1.29 is 23.4 Å². The number of aliphatic hydroxyl groups excluding tert-OH is 1. The minimum atomic E-state index is -4.47. The van der Waals surface area contributed by atoms with Gasteiger partial charge in [0, 0.05) is 24.2 Å². The molecule has 1 aliphatic heterocycles. The van der Waals surface area contributed by atoms with E-state index in [1.807, 2.05) is 6.92 Å². The number of aromatic amines is 1. The number of nitrogens with zero attached hydrogens (tertiary/aromatic N) is 1. The van der Waals surface area contributed by atoms with Crippen molar-refractivity contribution >= 4 is 11.0 Å². The zero-order chi connectivity index (χ0) is 22.3. The van der Waals surface area contributed by atoms with Crippen LogP contribution in [0.15, 0.2) is 41.2 Å². The molecule has 0 spiro atoms. The molecule has 2 heterocycles. The van der Waals surface area contributed by atoms with Crippen molar-refractivity contribution in [2.75, 3.05) is 0 Å². The van der Waals surface area contributed by atoms with Crippen LogP contribution in [0.3, 0.4) is 0 Å². The topological polar surface area (TPSA) is 90.3 Å². The fraction of sp³-hybridized carbons (Fsp3) is 0.409. The van der Waals surface area contributed by atoms with Crippen molar-refractivity contribution in [3.05, 3.63) is 63.6 Å². The lowest BCUT2D eigenvalue weighted by Crippen LogP contribution is -2.41. The Labute approximate surface area is 176 Å². The summed E-state index contributed by atoms with van der Waals surface area (Å²) < 4.78 is 40.5. The van der Waals surface area contributed by atoms with Crippen molar-refractivity contribution in [3.63, 3.8) is 0 Å². The number of rotatable bonds is 5. The van der Waals surface area contributed by atoms with Gasteiger partial charge in [-0.05, 0) is 56.0 Å². The van der Waals surface area contributed by atoms with Gasteiger partial charge in [0.2, 0.25) is 0 Å². The summed E-state index contributed by atoms with van der Waals surface area (Å²) in [5.74, 6) is -0.167. The molecule has 3 unspecified atom stereocenters. The second kappa shape index (κ2) is 8.05. The zero-order valence-electron chi connectivity index (χ0n) is 16.9. The van der Waals surface area contributed by atoms with E-state index in [1.54, 1.807) is 22.8 Å². The van der Waals surface area contributed by atoms with Crippen LogP contribution in [-0.2, 0) is 19.1 Å². The number of phenolic OH excluding ortho intramolecular Hbond substituents is 1. The molecule has 0 amide bonds. The van der Waals surface area contributed by atoms with Gasteiger partial charge in [-0.3, -0.25) is 4.57 Å². The minimum absolute atomic E-state index is 0.136. The van der Waals surface area contributed by atoms with Gasteiger partial charge in [0.05, 0.1) is 22.7 Å². The van der Waals surface area contributed by atoms with Gasteiger partial charge in [-0.15, -0.1) is 0 Å². The number of H-pyrrole nitrogens is 1. The van der Waals surface area contributed by atoms with E-state index < -0.39 is 17.8 Å². The van der Waals surface area contributed by atoms with E-state index in [0.29, 0.717) is 36.0 Å². The number of benzene rings is 2. The number of aliphatic hydroxyl groups is 1. The van der Waals surface area contributed by atoms with Gasteiger partial charge in [-0.2, -0.15) is 13.2 Å². The fourth-order valence-corrected chi connectivity index (χ4v) is 4.30. The Bertz CT molecular complexity index is 1150. The number of nitrogens with one attached hydrogen (secondary N) is 2. The van der Waals surface area contributed by atoms with Crippen LogP contribution in [0.4, 0.5) is 13.2 Å². The van der Waals surface area contributed by atoms with E-state index in [-0.39, 0.29) is 35.5 Å². The second-order valence-corrected chi connectivity index (χ2v) is 8.11. The predicted octanol–water partition coefficient (Wildman–Crippen LogP) is 3.47. The second-order valence-electron chi connectivity index (χ2n) is 8.11. The minimum Gasteiger partial charge on any atom is -0.508 e. The highest BCUT2D eigenvalue weighted by atomic mass is 19.4. The summed E-state index contributed by atoms with van der Waals surface area (Å²) in [5.41, 5.74) is 1.26. The van der Waals surface area contributed by atoms with E-state index in [4.69, 9.17) is 0 Å². The van der Waals surface area contributed by atoms with Crippen LogP contribution in [0, 0.1) is 0 Å². The summed E-state index contributed by atoms with van der Waals surface area (Å²) >= 11 is 0. The third-order valence-electron chi connectivity index (χ3n) is 5.94. The Hall–Kier alpha value is -2.78. The molecule has 3 atom stereocenters. The average molecular weight is 435 g/mol. The average Bonchev–Trinajstić information content (AvgIpc) is 2.96. The van der Waals surface area contributed by atoms with Gasteiger partial charge in [0.15, 0.2) is 0 Å². The molecular formula is C22H24F3N3O3. The molecule has 2 aromatic carbocycles. The highest BCUT2D eigenvalue weighted by Crippen LogP contribution is 2.33. The van der Waals surface area contributed by atoms with Gasteiger partial charge in [-0.1, -0.05) is 12.1 Å². The van der Waals surface area contributed by atoms with E-state index in [2.05, 4.69) is 10.3 Å². The Morgan fingerprint density at radius 2 is 2.06 bits per heavy atom. The molecule has 0 fully saturated rings. The van der Waals surface area contributed by atoms with Crippen molar-refractivity contribution in [1.82, 2.24) is 14.9 Å². The molecule has 0 saturated carbocycles. The van der Waals surface area contributed by atoms with E-state index in [0.717, 1.165) is 18.2 Å². The largest absolute Gasteiger partial charge is 0.508 e. The number of hydrogen-bond acceptors (Lipinski definition) is 4. The molecule has 31 heavy (non-hydrogen) atoms. The molecule has 4 N–H and O–H groups in total. The lowest BCUT2D eigenvalue weighted by molar-refractivity contribution is -0.137. The summed E-state index contributed by atoms with van der Waals surface area (Å²) in [6, 6.07) is 7.81. The van der Waals surface area contributed by atoms with Crippen molar-refractivity contribution in [3.8, 4) is 5.75 Å².